The van der Waals surface area contributed by atoms with Gasteiger partial charge in [0.2, 0.25) is 0 Å². The number of nitrogens with one attached hydrogen (secondary N) is 1. The molecular weight excluding hydrogens is 328 g/mol. The van der Waals surface area contributed by atoms with E-state index in [2.05, 4.69) is 15.1 Å². The third-order valence-corrected chi connectivity index (χ3v) is 3.68. The van der Waals surface area contributed by atoms with Crippen LogP contribution in [-0.2, 0) is 20.7 Å². The molecule has 2 heterocycles. The Kier molecular flexibility index (Phi) is 5.30. The van der Waals surface area contributed by atoms with Crippen LogP contribution in [0, 0.1) is 19.8 Å². The standard InChI is InChI=1S/C15H20N6O4/c1-7(2)12(13(23)20-14(16)24)25-11(22)5-10-8(3)19-15-17-6-18-21(15)9(10)4/h6-7,12H,5H2,1-4H3,(H3,16,20,23,24)/t12-/m1/s1. The van der Waals surface area contributed by atoms with Gasteiger partial charge in [0.05, 0.1) is 6.42 Å². The second-order valence-corrected chi connectivity index (χ2v) is 5.92. The first-order chi connectivity index (χ1) is 11.7. The summed E-state index contributed by atoms with van der Waals surface area (Å²) in [6, 6.07) is -1.00. The van der Waals surface area contributed by atoms with Gasteiger partial charge in [0.1, 0.15) is 6.33 Å². The largest absolute Gasteiger partial charge is 0.452 e. The lowest BCUT2D eigenvalue weighted by atomic mass is 10.1. The molecule has 0 radical (unpaired) electrons. The Hall–Kier alpha value is -3.04. The summed E-state index contributed by atoms with van der Waals surface area (Å²) in [5.74, 6) is -1.27. The maximum absolute atomic E-state index is 12.3. The summed E-state index contributed by atoms with van der Waals surface area (Å²) >= 11 is 0. The molecule has 0 aliphatic carbocycles. The zero-order chi connectivity index (χ0) is 18.7. The third-order valence-electron chi connectivity index (χ3n) is 3.68. The summed E-state index contributed by atoms with van der Waals surface area (Å²) in [5.41, 5.74) is 6.90. The van der Waals surface area contributed by atoms with E-state index >= 15 is 0 Å². The Morgan fingerprint density at radius 1 is 1.32 bits per heavy atom. The van der Waals surface area contributed by atoms with Gasteiger partial charge in [-0.25, -0.2) is 14.3 Å². The maximum Gasteiger partial charge on any atom is 0.318 e. The van der Waals surface area contributed by atoms with Crippen LogP contribution in [0.15, 0.2) is 6.33 Å². The molecule has 10 heteroatoms. The second-order valence-electron chi connectivity index (χ2n) is 5.92. The average molecular weight is 348 g/mol. The predicted octanol–water partition coefficient (Wildman–Crippen LogP) is 0.0463. The fraction of sp³-hybridized carbons (Fsp3) is 0.467. The van der Waals surface area contributed by atoms with Crippen LogP contribution in [0.2, 0.25) is 0 Å². The number of fused-ring (bicyclic) bond motifs is 1. The van der Waals surface area contributed by atoms with E-state index in [4.69, 9.17) is 10.5 Å². The number of urea groups is 1. The Morgan fingerprint density at radius 2 is 2.00 bits per heavy atom. The lowest BCUT2D eigenvalue weighted by molar-refractivity contribution is -0.157. The van der Waals surface area contributed by atoms with Crippen molar-refractivity contribution in [3.05, 3.63) is 23.3 Å². The summed E-state index contributed by atoms with van der Waals surface area (Å²) in [4.78, 5) is 43.4. The van der Waals surface area contributed by atoms with Crippen LogP contribution in [0.5, 0.6) is 0 Å². The number of hydrogen-bond donors (Lipinski definition) is 2. The van der Waals surface area contributed by atoms with Crippen molar-refractivity contribution in [3.63, 3.8) is 0 Å². The molecule has 0 aromatic carbocycles. The highest BCUT2D eigenvalue weighted by atomic mass is 16.5. The number of ether oxygens (including phenoxy) is 1. The van der Waals surface area contributed by atoms with Crippen molar-refractivity contribution < 1.29 is 19.1 Å². The highest BCUT2D eigenvalue weighted by Crippen LogP contribution is 2.15. The molecule has 0 fully saturated rings. The topological polar surface area (TPSA) is 142 Å². The van der Waals surface area contributed by atoms with Crippen molar-refractivity contribution in [2.24, 2.45) is 11.7 Å². The summed E-state index contributed by atoms with van der Waals surface area (Å²) in [5, 5.41) is 5.98. The Bertz CT molecular complexity index is 829. The minimum atomic E-state index is -1.12. The van der Waals surface area contributed by atoms with Gasteiger partial charge in [-0.3, -0.25) is 14.9 Å². The van der Waals surface area contributed by atoms with E-state index in [9.17, 15) is 14.4 Å². The molecule has 134 valence electrons. The number of amides is 3. The van der Waals surface area contributed by atoms with Crippen molar-refractivity contribution in [2.45, 2.75) is 40.2 Å². The third kappa shape index (κ3) is 4.08. The molecule has 0 saturated heterocycles. The Morgan fingerprint density at radius 3 is 2.60 bits per heavy atom. The number of carbonyl (C=O) groups is 3. The number of nitrogens with zero attached hydrogens (tertiary/aromatic N) is 4. The summed E-state index contributed by atoms with van der Waals surface area (Å²) in [6.07, 6.45) is 0.163. The van der Waals surface area contributed by atoms with Gasteiger partial charge in [-0.1, -0.05) is 13.8 Å². The molecule has 2 rings (SSSR count). The van der Waals surface area contributed by atoms with Crippen molar-refractivity contribution in [3.8, 4) is 0 Å². The first-order valence-electron chi connectivity index (χ1n) is 7.66. The summed E-state index contributed by atoms with van der Waals surface area (Å²) < 4.78 is 6.77. The maximum atomic E-state index is 12.3. The number of rotatable bonds is 5. The highest BCUT2D eigenvalue weighted by Gasteiger charge is 2.28. The van der Waals surface area contributed by atoms with Crippen LogP contribution >= 0.6 is 0 Å². The van der Waals surface area contributed by atoms with Gasteiger partial charge in [0.25, 0.3) is 11.7 Å². The molecule has 3 amide bonds. The minimum absolute atomic E-state index is 0.0897. The van der Waals surface area contributed by atoms with Crippen molar-refractivity contribution in [2.75, 3.05) is 0 Å². The molecular formula is C15H20N6O4. The van der Waals surface area contributed by atoms with Crippen LogP contribution in [0.4, 0.5) is 4.79 Å². The monoisotopic (exact) mass is 348 g/mol. The predicted molar refractivity (Wildman–Crippen MR) is 86.4 cm³/mol. The molecule has 0 aliphatic rings. The van der Waals surface area contributed by atoms with E-state index in [0.29, 0.717) is 22.7 Å². The van der Waals surface area contributed by atoms with Crippen LogP contribution in [0.1, 0.15) is 30.8 Å². The van der Waals surface area contributed by atoms with Gasteiger partial charge in [0.15, 0.2) is 6.10 Å². The van der Waals surface area contributed by atoms with Gasteiger partial charge < -0.3 is 10.5 Å². The molecule has 3 N–H and O–H groups in total. The molecule has 0 aliphatic heterocycles. The number of carbonyl (C=O) groups excluding carboxylic acids is 3. The Balaban J connectivity index is 2.18. The number of primary amides is 1. The van der Waals surface area contributed by atoms with Crippen molar-refractivity contribution in [1.29, 1.82) is 0 Å². The number of aryl methyl sites for hydroxylation is 2. The van der Waals surface area contributed by atoms with Crippen LogP contribution < -0.4 is 11.1 Å². The smallest absolute Gasteiger partial charge is 0.318 e. The molecule has 25 heavy (non-hydrogen) atoms. The number of nitrogens with two attached hydrogens (primary N) is 1. The van der Waals surface area contributed by atoms with E-state index in [1.54, 1.807) is 27.7 Å². The zero-order valence-corrected chi connectivity index (χ0v) is 14.4. The molecule has 2 aromatic rings. The zero-order valence-electron chi connectivity index (χ0n) is 14.4. The van der Waals surface area contributed by atoms with E-state index in [1.165, 1.54) is 10.8 Å². The van der Waals surface area contributed by atoms with E-state index in [1.807, 2.05) is 5.32 Å². The van der Waals surface area contributed by atoms with E-state index in [0.717, 1.165) is 0 Å². The van der Waals surface area contributed by atoms with Crippen molar-refractivity contribution in [1.82, 2.24) is 24.9 Å². The van der Waals surface area contributed by atoms with Gasteiger partial charge in [-0.05, 0) is 19.8 Å². The minimum Gasteiger partial charge on any atom is -0.452 e. The number of imide groups is 1. The number of hydrogen-bond acceptors (Lipinski definition) is 7. The summed E-state index contributed by atoms with van der Waals surface area (Å²) in [7, 11) is 0. The molecule has 2 aromatic heterocycles. The quantitative estimate of drug-likeness (QED) is 0.727. The first-order valence-corrected chi connectivity index (χ1v) is 7.66. The molecule has 0 bridgehead atoms. The SMILES string of the molecule is Cc1nc2ncnn2c(C)c1CC(=O)O[C@@H](C(=O)NC(N)=O)C(C)C. The first kappa shape index (κ1) is 18.3. The van der Waals surface area contributed by atoms with Gasteiger partial charge in [-0.2, -0.15) is 10.1 Å². The van der Waals surface area contributed by atoms with E-state index in [-0.39, 0.29) is 12.3 Å². The molecule has 1 atom stereocenters. The average Bonchev–Trinajstić information content (AvgIpc) is 2.96. The van der Waals surface area contributed by atoms with Crippen LogP contribution in [0.25, 0.3) is 5.78 Å². The van der Waals surface area contributed by atoms with E-state index < -0.39 is 24.0 Å². The normalized spacial score (nSPS) is 12.2. The number of aromatic nitrogens is 4. The lowest BCUT2D eigenvalue weighted by Gasteiger charge is -2.20. The lowest BCUT2D eigenvalue weighted by Crippen LogP contribution is -2.45. The van der Waals surface area contributed by atoms with Crippen LogP contribution in [-0.4, -0.2) is 43.6 Å². The highest BCUT2D eigenvalue weighted by molar-refractivity contribution is 5.96. The fourth-order valence-electron chi connectivity index (χ4n) is 2.42. The number of esters is 1. The van der Waals surface area contributed by atoms with Gasteiger partial charge in [0, 0.05) is 17.0 Å². The van der Waals surface area contributed by atoms with Crippen molar-refractivity contribution >= 4 is 23.7 Å². The molecule has 10 nitrogen and oxygen atoms in total. The Labute approximate surface area is 143 Å². The van der Waals surface area contributed by atoms with Gasteiger partial charge in [-0.15, -0.1) is 0 Å². The fourth-order valence-corrected chi connectivity index (χ4v) is 2.42. The molecule has 0 spiro atoms. The summed E-state index contributed by atoms with van der Waals surface area (Å²) in [6.45, 7) is 6.93. The second kappa shape index (κ2) is 7.24. The molecule has 0 saturated carbocycles. The van der Waals surface area contributed by atoms with Crippen LogP contribution in [0.3, 0.4) is 0 Å². The van der Waals surface area contributed by atoms with Gasteiger partial charge >= 0.3 is 12.0 Å². The molecule has 0 unspecified atom stereocenters.